The number of hydrogen-bond acceptors (Lipinski definition) is 3. The van der Waals surface area contributed by atoms with Crippen LogP contribution in [0.4, 0.5) is 4.39 Å². The van der Waals surface area contributed by atoms with Crippen molar-refractivity contribution in [3.63, 3.8) is 0 Å². The summed E-state index contributed by atoms with van der Waals surface area (Å²) in [6, 6.07) is 5.96. The SMILES string of the molecule is CCc1nn(-c2ccc(F)cc2)c(C)c1C(=O)OC. The number of aryl methyl sites for hydroxylation is 1. The van der Waals surface area contributed by atoms with E-state index in [-0.39, 0.29) is 5.82 Å². The second-order valence-corrected chi connectivity index (χ2v) is 4.14. The first kappa shape index (κ1) is 13.3. The van der Waals surface area contributed by atoms with Crippen LogP contribution in [-0.2, 0) is 11.2 Å². The van der Waals surface area contributed by atoms with Crippen molar-refractivity contribution in [3.05, 3.63) is 47.0 Å². The predicted octanol–water partition coefficient (Wildman–Crippen LogP) is 2.67. The smallest absolute Gasteiger partial charge is 0.341 e. The number of hydrogen-bond donors (Lipinski definition) is 0. The Morgan fingerprint density at radius 1 is 1.37 bits per heavy atom. The minimum absolute atomic E-state index is 0.308. The van der Waals surface area contributed by atoms with Crippen molar-refractivity contribution in [2.75, 3.05) is 7.11 Å². The summed E-state index contributed by atoms with van der Waals surface area (Å²) in [6.45, 7) is 3.71. The van der Waals surface area contributed by atoms with Gasteiger partial charge in [-0.25, -0.2) is 13.9 Å². The van der Waals surface area contributed by atoms with E-state index in [1.807, 2.05) is 6.92 Å². The second kappa shape index (κ2) is 5.22. The number of esters is 1. The lowest BCUT2D eigenvalue weighted by Crippen LogP contribution is -2.06. The Labute approximate surface area is 110 Å². The van der Waals surface area contributed by atoms with Gasteiger partial charge in [0.25, 0.3) is 0 Å². The molecule has 4 nitrogen and oxygen atoms in total. The zero-order chi connectivity index (χ0) is 14.0. The standard InChI is InChI=1S/C14H15FN2O2/c1-4-12-13(14(18)19-3)9(2)17(16-12)11-7-5-10(15)6-8-11/h5-8H,4H2,1-3H3. The van der Waals surface area contributed by atoms with Crippen molar-refractivity contribution in [2.45, 2.75) is 20.3 Å². The summed E-state index contributed by atoms with van der Waals surface area (Å²) in [5.41, 5.74) is 2.56. The first-order valence-corrected chi connectivity index (χ1v) is 6.01. The van der Waals surface area contributed by atoms with Gasteiger partial charge in [-0.1, -0.05) is 6.92 Å². The summed E-state index contributed by atoms with van der Waals surface area (Å²) < 4.78 is 19.3. The molecule has 1 heterocycles. The van der Waals surface area contributed by atoms with E-state index in [1.165, 1.54) is 19.2 Å². The fourth-order valence-corrected chi connectivity index (χ4v) is 2.01. The molecule has 0 radical (unpaired) electrons. The van der Waals surface area contributed by atoms with Crippen molar-refractivity contribution in [1.82, 2.24) is 9.78 Å². The first-order chi connectivity index (χ1) is 9.08. The van der Waals surface area contributed by atoms with Crippen LogP contribution < -0.4 is 0 Å². The molecule has 0 saturated carbocycles. The second-order valence-electron chi connectivity index (χ2n) is 4.14. The number of rotatable bonds is 3. The van der Waals surface area contributed by atoms with E-state index in [9.17, 15) is 9.18 Å². The van der Waals surface area contributed by atoms with Gasteiger partial charge < -0.3 is 4.74 Å². The summed E-state index contributed by atoms with van der Waals surface area (Å²) in [6.07, 6.45) is 0.624. The van der Waals surface area contributed by atoms with Crippen LogP contribution in [0.1, 0.15) is 28.7 Å². The first-order valence-electron chi connectivity index (χ1n) is 6.01. The number of ether oxygens (including phenoxy) is 1. The van der Waals surface area contributed by atoms with Crippen LogP contribution in [0.15, 0.2) is 24.3 Å². The molecule has 2 aromatic rings. The van der Waals surface area contributed by atoms with Crippen molar-refractivity contribution in [3.8, 4) is 5.69 Å². The molecule has 0 unspecified atom stereocenters. The summed E-state index contributed by atoms with van der Waals surface area (Å²) in [5.74, 6) is -0.708. The maximum absolute atomic E-state index is 12.9. The minimum Gasteiger partial charge on any atom is -0.465 e. The number of methoxy groups -OCH3 is 1. The molecule has 19 heavy (non-hydrogen) atoms. The third kappa shape index (κ3) is 2.36. The van der Waals surface area contributed by atoms with Gasteiger partial charge in [0.05, 0.1) is 24.2 Å². The van der Waals surface area contributed by atoms with Crippen LogP contribution in [0.25, 0.3) is 5.69 Å². The number of halogens is 1. The summed E-state index contributed by atoms with van der Waals surface area (Å²) >= 11 is 0. The molecule has 0 N–H and O–H groups in total. The van der Waals surface area contributed by atoms with Crippen LogP contribution in [-0.4, -0.2) is 22.9 Å². The number of carbonyl (C=O) groups is 1. The molecule has 0 aliphatic rings. The van der Waals surface area contributed by atoms with E-state index >= 15 is 0 Å². The Morgan fingerprint density at radius 3 is 2.53 bits per heavy atom. The number of carbonyl (C=O) groups excluding carboxylic acids is 1. The highest BCUT2D eigenvalue weighted by atomic mass is 19.1. The molecule has 0 saturated heterocycles. The minimum atomic E-state index is -0.400. The molecule has 0 spiro atoms. The Kier molecular flexibility index (Phi) is 3.64. The molecule has 0 fully saturated rings. The summed E-state index contributed by atoms with van der Waals surface area (Å²) in [7, 11) is 1.34. The van der Waals surface area contributed by atoms with Crippen LogP contribution in [0.2, 0.25) is 0 Å². The third-order valence-corrected chi connectivity index (χ3v) is 2.98. The van der Waals surface area contributed by atoms with E-state index in [4.69, 9.17) is 4.74 Å². The molecule has 0 amide bonds. The van der Waals surface area contributed by atoms with E-state index in [2.05, 4.69) is 5.10 Å². The topological polar surface area (TPSA) is 44.1 Å². The lowest BCUT2D eigenvalue weighted by Gasteiger charge is -2.04. The monoisotopic (exact) mass is 262 g/mol. The molecule has 2 rings (SSSR count). The molecule has 1 aromatic heterocycles. The molecule has 1 aromatic carbocycles. The Bertz CT molecular complexity index is 603. The van der Waals surface area contributed by atoms with E-state index < -0.39 is 5.97 Å². The van der Waals surface area contributed by atoms with Gasteiger partial charge in [0.2, 0.25) is 0 Å². The van der Waals surface area contributed by atoms with E-state index in [1.54, 1.807) is 23.7 Å². The molecule has 0 atom stereocenters. The van der Waals surface area contributed by atoms with Crippen LogP contribution >= 0.6 is 0 Å². The third-order valence-electron chi connectivity index (χ3n) is 2.98. The van der Waals surface area contributed by atoms with Gasteiger partial charge in [-0.2, -0.15) is 5.10 Å². The number of nitrogens with zero attached hydrogens (tertiary/aromatic N) is 2. The van der Waals surface area contributed by atoms with Crippen molar-refractivity contribution in [1.29, 1.82) is 0 Å². The maximum atomic E-state index is 12.9. The van der Waals surface area contributed by atoms with Crippen LogP contribution in [0.3, 0.4) is 0 Å². The fraction of sp³-hybridized carbons (Fsp3) is 0.286. The lowest BCUT2D eigenvalue weighted by molar-refractivity contribution is 0.0598. The van der Waals surface area contributed by atoms with Gasteiger partial charge in [0.1, 0.15) is 11.4 Å². The highest BCUT2D eigenvalue weighted by Gasteiger charge is 2.21. The normalized spacial score (nSPS) is 10.5. The molecule has 0 aliphatic carbocycles. The van der Waals surface area contributed by atoms with Gasteiger partial charge in [0, 0.05) is 0 Å². The van der Waals surface area contributed by atoms with Gasteiger partial charge in [-0.05, 0) is 37.6 Å². The molecular formula is C14H15FN2O2. The molecule has 0 bridgehead atoms. The van der Waals surface area contributed by atoms with Gasteiger partial charge >= 0.3 is 5.97 Å². The average Bonchev–Trinajstić information content (AvgIpc) is 2.76. The van der Waals surface area contributed by atoms with Crippen molar-refractivity contribution in [2.24, 2.45) is 0 Å². The Hall–Kier alpha value is -2.17. The maximum Gasteiger partial charge on any atom is 0.341 e. The summed E-state index contributed by atoms with van der Waals surface area (Å²) in [4.78, 5) is 11.8. The van der Waals surface area contributed by atoms with E-state index in [0.717, 1.165) is 0 Å². The quantitative estimate of drug-likeness (QED) is 0.799. The van der Waals surface area contributed by atoms with Crippen LogP contribution in [0.5, 0.6) is 0 Å². The average molecular weight is 262 g/mol. The molecule has 5 heteroatoms. The highest BCUT2D eigenvalue weighted by molar-refractivity contribution is 5.92. The lowest BCUT2D eigenvalue weighted by atomic mass is 10.1. The highest BCUT2D eigenvalue weighted by Crippen LogP contribution is 2.20. The molecular weight excluding hydrogens is 247 g/mol. The Balaban J connectivity index is 2.56. The largest absolute Gasteiger partial charge is 0.465 e. The summed E-state index contributed by atoms with van der Waals surface area (Å²) in [5, 5.41) is 4.39. The van der Waals surface area contributed by atoms with Gasteiger partial charge in [-0.15, -0.1) is 0 Å². The zero-order valence-electron chi connectivity index (χ0n) is 11.1. The fourth-order valence-electron chi connectivity index (χ4n) is 2.01. The van der Waals surface area contributed by atoms with E-state index in [0.29, 0.717) is 29.1 Å². The van der Waals surface area contributed by atoms with Gasteiger partial charge in [0.15, 0.2) is 0 Å². The number of aromatic nitrogens is 2. The predicted molar refractivity (Wildman–Crippen MR) is 69.0 cm³/mol. The van der Waals surface area contributed by atoms with Crippen molar-refractivity contribution < 1.29 is 13.9 Å². The number of benzene rings is 1. The zero-order valence-corrected chi connectivity index (χ0v) is 11.1. The molecule has 0 aliphatic heterocycles. The molecule has 100 valence electrons. The Morgan fingerprint density at radius 2 is 2.00 bits per heavy atom. The van der Waals surface area contributed by atoms with Crippen LogP contribution in [0, 0.1) is 12.7 Å². The van der Waals surface area contributed by atoms with Gasteiger partial charge in [-0.3, -0.25) is 0 Å². The van der Waals surface area contributed by atoms with Crippen molar-refractivity contribution >= 4 is 5.97 Å².